The molecule has 0 spiro atoms. The van der Waals surface area contributed by atoms with Gasteiger partial charge in [-0.2, -0.15) is 13.2 Å². The van der Waals surface area contributed by atoms with Crippen LogP contribution in [0.15, 0.2) is 53.0 Å². The van der Waals surface area contributed by atoms with Gasteiger partial charge in [0.1, 0.15) is 5.83 Å². The van der Waals surface area contributed by atoms with Crippen molar-refractivity contribution in [1.82, 2.24) is 4.90 Å². The molecule has 0 saturated heterocycles. The largest absolute Gasteiger partial charge is 0.434 e. The zero-order valence-electron chi connectivity index (χ0n) is 12.6. The molecule has 0 saturated carbocycles. The van der Waals surface area contributed by atoms with Gasteiger partial charge in [-0.3, -0.25) is 4.99 Å². The molecule has 21 heavy (non-hydrogen) atoms. The molecule has 0 bridgehead atoms. The Balaban J connectivity index is 5.47. The fourth-order valence-corrected chi connectivity index (χ4v) is 1.59. The fraction of sp³-hybridized carbons (Fsp3) is 0.400. The van der Waals surface area contributed by atoms with Gasteiger partial charge in [-0.15, -0.1) is 0 Å². The minimum Gasteiger partial charge on any atom is -0.376 e. The van der Waals surface area contributed by atoms with Crippen LogP contribution in [0.4, 0.5) is 17.6 Å². The van der Waals surface area contributed by atoms with Gasteiger partial charge in [0.25, 0.3) is 0 Å². The van der Waals surface area contributed by atoms with E-state index in [0.29, 0.717) is 5.57 Å². The van der Waals surface area contributed by atoms with Crippen molar-refractivity contribution in [2.24, 2.45) is 4.99 Å². The van der Waals surface area contributed by atoms with Crippen molar-refractivity contribution in [1.29, 1.82) is 0 Å². The van der Waals surface area contributed by atoms with Gasteiger partial charge >= 0.3 is 6.18 Å². The molecule has 0 fully saturated rings. The van der Waals surface area contributed by atoms with E-state index in [-0.39, 0.29) is 12.1 Å². The summed E-state index contributed by atoms with van der Waals surface area (Å²) >= 11 is 0. The lowest BCUT2D eigenvalue weighted by Gasteiger charge is -2.21. The highest BCUT2D eigenvalue weighted by Gasteiger charge is 2.38. The predicted molar refractivity (Wildman–Crippen MR) is 78.9 cm³/mol. The number of rotatable bonds is 6. The summed E-state index contributed by atoms with van der Waals surface area (Å²) < 4.78 is 51.8. The van der Waals surface area contributed by atoms with E-state index in [9.17, 15) is 17.6 Å². The van der Waals surface area contributed by atoms with Crippen molar-refractivity contribution in [2.45, 2.75) is 19.5 Å². The monoisotopic (exact) mass is 304 g/mol. The van der Waals surface area contributed by atoms with Crippen molar-refractivity contribution in [2.75, 3.05) is 21.1 Å². The molecule has 0 aliphatic rings. The first kappa shape index (κ1) is 19.1. The Bertz CT molecular complexity index is 480. The van der Waals surface area contributed by atoms with Crippen molar-refractivity contribution >= 4 is 5.71 Å². The van der Waals surface area contributed by atoms with Gasteiger partial charge in [-0.1, -0.05) is 18.7 Å². The topological polar surface area (TPSA) is 15.6 Å². The van der Waals surface area contributed by atoms with E-state index in [1.165, 1.54) is 31.1 Å². The lowest BCUT2D eigenvalue weighted by Crippen LogP contribution is -2.31. The maximum atomic E-state index is 13.1. The first-order chi connectivity index (χ1) is 9.67. The molecular weight excluding hydrogens is 284 g/mol. The van der Waals surface area contributed by atoms with Crippen LogP contribution < -0.4 is 0 Å². The molecule has 0 aromatic carbocycles. The van der Waals surface area contributed by atoms with E-state index in [1.54, 1.807) is 13.0 Å². The van der Waals surface area contributed by atoms with Crippen molar-refractivity contribution < 1.29 is 17.6 Å². The third-order valence-corrected chi connectivity index (χ3v) is 2.64. The lowest BCUT2D eigenvalue weighted by atomic mass is 10.1. The zero-order chi connectivity index (χ0) is 16.6. The minimum atomic E-state index is -4.54. The first-order valence-corrected chi connectivity index (χ1v) is 6.24. The van der Waals surface area contributed by atoms with Gasteiger partial charge in [0.15, 0.2) is 5.71 Å². The van der Waals surface area contributed by atoms with E-state index in [1.807, 2.05) is 0 Å². The number of halogens is 4. The zero-order valence-corrected chi connectivity index (χ0v) is 12.6. The van der Waals surface area contributed by atoms with Gasteiger partial charge in [0.2, 0.25) is 0 Å². The Morgan fingerprint density at radius 2 is 1.86 bits per heavy atom. The summed E-state index contributed by atoms with van der Waals surface area (Å²) in [7, 11) is 4.09. The van der Waals surface area contributed by atoms with Crippen LogP contribution in [0.1, 0.15) is 13.3 Å². The van der Waals surface area contributed by atoms with Crippen LogP contribution in [0.5, 0.6) is 0 Å². The summed E-state index contributed by atoms with van der Waals surface area (Å²) in [5, 5.41) is 0. The van der Waals surface area contributed by atoms with Gasteiger partial charge in [-0.05, 0) is 31.1 Å². The van der Waals surface area contributed by atoms with Gasteiger partial charge in [-0.25, -0.2) is 4.39 Å². The molecule has 0 N–H and O–H groups in total. The lowest BCUT2D eigenvalue weighted by molar-refractivity contribution is -0.0592. The molecule has 0 atom stereocenters. The second-order valence-corrected chi connectivity index (χ2v) is 4.35. The standard InChI is InChI=1S/C15H20F4N2/c1-6-11(10-12(16)7-2)8-9-13(21(4)5)14(20-3)15(17,18)19/h6-7,9-10H,2,8H2,1,3-5H3/b11-6-,12-10+,13-9+,20-14?. The summed E-state index contributed by atoms with van der Waals surface area (Å²) in [6.07, 6.45) is 0.882. The van der Waals surface area contributed by atoms with Gasteiger partial charge < -0.3 is 4.90 Å². The molecule has 0 aromatic rings. The second-order valence-electron chi connectivity index (χ2n) is 4.35. The van der Waals surface area contributed by atoms with Crippen LogP contribution in [0, 0.1) is 0 Å². The first-order valence-electron chi connectivity index (χ1n) is 6.24. The average molecular weight is 304 g/mol. The molecule has 0 heterocycles. The smallest absolute Gasteiger partial charge is 0.376 e. The number of alkyl halides is 3. The average Bonchev–Trinajstić information content (AvgIpc) is 2.39. The van der Waals surface area contributed by atoms with E-state index in [0.717, 1.165) is 13.1 Å². The molecule has 6 heteroatoms. The van der Waals surface area contributed by atoms with Crippen molar-refractivity contribution in [3.05, 3.63) is 48.0 Å². The Morgan fingerprint density at radius 1 is 1.29 bits per heavy atom. The van der Waals surface area contributed by atoms with Crippen LogP contribution in [0.3, 0.4) is 0 Å². The van der Waals surface area contributed by atoms with Crippen molar-refractivity contribution in [3.63, 3.8) is 0 Å². The quantitative estimate of drug-likeness (QED) is 0.402. The summed E-state index contributed by atoms with van der Waals surface area (Å²) in [5.41, 5.74) is -0.475. The Morgan fingerprint density at radius 3 is 2.19 bits per heavy atom. The molecule has 0 radical (unpaired) electrons. The van der Waals surface area contributed by atoms with Crippen molar-refractivity contribution in [3.8, 4) is 0 Å². The van der Waals surface area contributed by atoms with E-state index < -0.39 is 17.7 Å². The highest BCUT2D eigenvalue weighted by atomic mass is 19.4. The number of nitrogens with zero attached hydrogens (tertiary/aromatic N) is 2. The van der Waals surface area contributed by atoms with Gasteiger partial charge in [0, 0.05) is 21.1 Å². The van der Waals surface area contributed by atoms with Crippen LogP contribution in [-0.4, -0.2) is 37.9 Å². The van der Waals surface area contributed by atoms with Crippen LogP contribution >= 0.6 is 0 Å². The number of allylic oxidation sites excluding steroid dienone is 7. The summed E-state index contributed by atoms with van der Waals surface area (Å²) in [6.45, 7) is 4.97. The molecule has 0 rings (SSSR count). The normalized spacial score (nSPS) is 15.2. The number of aliphatic imine (C=N–C) groups is 1. The molecule has 0 unspecified atom stereocenters. The molecule has 0 aromatic heterocycles. The van der Waals surface area contributed by atoms with E-state index in [4.69, 9.17) is 0 Å². The molecule has 0 aliphatic carbocycles. The Kier molecular flexibility index (Phi) is 7.70. The predicted octanol–water partition coefficient (Wildman–Crippen LogP) is 4.44. The molecule has 0 amide bonds. The fourth-order valence-electron chi connectivity index (χ4n) is 1.59. The third kappa shape index (κ3) is 6.42. The summed E-state index contributed by atoms with van der Waals surface area (Å²) in [5.74, 6) is -0.539. The Hall–Kier alpha value is -1.85. The highest BCUT2D eigenvalue weighted by molar-refractivity contribution is 6.03. The van der Waals surface area contributed by atoms with Crippen LogP contribution in [0.25, 0.3) is 0 Å². The summed E-state index contributed by atoms with van der Waals surface area (Å²) in [6, 6.07) is 0. The Labute approximate surface area is 122 Å². The van der Waals surface area contributed by atoms with Crippen LogP contribution in [0.2, 0.25) is 0 Å². The maximum Gasteiger partial charge on any atom is 0.434 e. The number of hydrogen-bond acceptors (Lipinski definition) is 2. The molecule has 118 valence electrons. The molecule has 0 aliphatic heterocycles. The molecular formula is C15H20F4N2. The SMILES string of the molecule is C=C/C(F)=C\C(=C/C)C/C=C(\C(=NC)C(F)(F)F)N(C)C. The minimum absolute atomic E-state index is 0.0586. The van der Waals surface area contributed by atoms with Gasteiger partial charge in [0.05, 0.1) is 5.70 Å². The second kappa shape index (κ2) is 8.44. The van der Waals surface area contributed by atoms with Crippen LogP contribution in [-0.2, 0) is 0 Å². The third-order valence-electron chi connectivity index (χ3n) is 2.64. The highest BCUT2D eigenvalue weighted by Crippen LogP contribution is 2.24. The summed E-state index contributed by atoms with van der Waals surface area (Å²) in [4.78, 5) is 4.65. The van der Waals surface area contributed by atoms with E-state index >= 15 is 0 Å². The van der Waals surface area contributed by atoms with E-state index in [2.05, 4.69) is 11.6 Å². The number of hydrogen-bond donors (Lipinski definition) is 0. The maximum absolute atomic E-state index is 13.1. The molecule has 2 nitrogen and oxygen atoms in total.